The van der Waals surface area contributed by atoms with Gasteiger partial charge in [-0.05, 0) is 23.3 Å². The van der Waals surface area contributed by atoms with Gasteiger partial charge in [-0.3, -0.25) is 4.68 Å². The predicted octanol–water partition coefficient (Wildman–Crippen LogP) is 2.28. The molecule has 3 rings (SSSR count). The number of aliphatic hydroxyl groups is 1. The van der Waals surface area contributed by atoms with Gasteiger partial charge in [-0.2, -0.15) is 5.10 Å². The number of rotatable bonds is 5. The topological polar surface area (TPSA) is 79.2 Å². The summed E-state index contributed by atoms with van der Waals surface area (Å²) in [6.45, 7) is 2.16. The van der Waals surface area contributed by atoms with Crippen LogP contribution in [0.3, 0.4) is 0 Å². The number of carbonyl (C=O) groups is 1. The van der Waals surface area contributed by atoms with Crippen LogP contribution < -0.4 is 10.6 Å². The van der Waals surface area contributed by atoms with Crippen LogP contribution in [0.1, 0.15) is 18.1 Å². The fourth-order valence-corrected chi connectivity index (χ4v) is 2.74. The maximum absolute atomic E-state index is 12.1. The Morgan fingerprint density at radius 1 is 1.20 bits per heavy atom. The number of nitrogens with zero attached hydrogens (tertiary/aromatic N) is 2. The Morgan fingerprint density at radius 2 is 1.96 bits per heavy atom. The highest BCUT2D eigenvalue weighted by molar-refractivity contribution is 5.86. The smallest absolute Gasteiger partial charge is 0.315 e. The van der Waals surface area contributed by atoms with Gasteiger partial charge in [0, 0.05) is 25.4 Å². The summed E-state index contributed by atoms with van der Waals surface area (Å²) in [4.78, 5) is 12.1. The number of carbonyl (C=O) groups excluding carboxylic acids is 1. The lowest BCUT2D eigenvalue weighted by atomic mass is 10.00. The highest BCUT2D eigenvalue weighted by atomic mass is 16.3. The summed E-state index contributed by atoms with van der Waals surface area (Å²) in [5.41, 5.74) is 0.530. The van der Waals surface area contributed by atoms with Gasteiger partial charge in [0.2, 0.25) is 0 Å². The van der Waals surface area contributed by atoms with E-state index >= 15 is 0 Å². The van der Waals surface area contributed by atoms with Gasteiger partial charge in [0.15, 0.2) is 0 Å². The number of nitrogens with one attached hydrogen (secondary N) is 2. The van der Waals surface area contributed by atoms with Gasteiger partial charge >= 0.3 is 6.03 Å². The second-order valence-electron chi connectivity index (χ2n) is 6.35. The van der Waals surface area contributed by atoms with Crippen molar-refractivity contribution in [2.45, 2.75) is 19.1 Å². The molecule has 2 amide bonds. The van der Waals surface area contributed by atoms with E-state index in [0.717, 1.165) is 16.3 Å². The van der Waals surface area contributed by atoms with E-state index in [1.807, 2.05) is 42.5 Å². The minimum absolute atomic E-state index is 0.0973. The molecule has 0 bridgehead atoms. The Kier molecular flexibility index (Phi) is 4.72. The number of benzene rings is 2. The van der Waals surface area contributed by atoms with Gasteiger partial charge in [-0.15, -0.1) is 0 Å². The predicted molar refractivity (Wildman–Crippen MR) is 97.0 cm³/mol. The summed E-state index contributed by atoms with van der Waals surface area (Å²) in [6.07, 6.45) is 3.32. The van der Waals surface area contributed by atoms with Crippen molar-refractivity contribution in [1.82, 2.24) is 20.4 Å². The number of amides is 2. The highest BCUT2D eigenvalue weighted by Crippen LogP contribution is 2.19. The summed E-state index contributed by atoms with van der Waals surface area (Å²) < 4.78 is 1.62. The van der Waals surface area contributed by atoms with Crippen LogP contribution >= 0.6 is 0 Å². The number of hydrogen-bond acceptors (Lipinski definition) is 3. The molecule has 3 N–H and O–H groups in total. The molecular formula is C19H22N4O2. The van der Waals surface area contributed by atoms with Crippen molar-refractivity contribution in [1.29, 1.82) is 0 Å². The van der Waals surface area contributed by atoms with Crippen molar-refractivity contribution in [2.75, 3.05) is 6.54 Å². The maximum Gasteiger partial charge on any atom is 0.315 e. The summed E-state index contributed by atoms with van der Waals surface area (Å²) in [6, 6.07) is 13.8. The Balaban J connectivity index is 1.58. The number of aryl methyl sites for hydroxylation is 1. The lowest BCUT2D eigenvalue weighted by Crippen LogP contribution is -2.43. The molecule has 2 aromatic carbocycles. The van der Waals surface area contributed by atoms with Crippen molar-refractivity contribution in [3.05, 3.63) is 66.0 Å². The number of aromatic nitrogens is 2. The average molecular weight is 338 g/mol. The van der Waals surface area contributed by atoms with Gasteiger partial charge in [-0.25, -0.2) is 4.79 Å². The molecule has 1 aromatic heterocycles. The van der Waals surface area contributed by atoms with E-state index in [4.69, 9.17) is 0 Å². The van der Waals surface area contributed by atoms with Crippen LogP contribution in [0, 0.1) is 0 Å². The van der Waals surface area contributed by atoms with E-state index < -0.39 is 5.60 Å². The zero-order valence-corrected chi connectivity index (χ0v) is 14.4. The molecule has 130 valence electrons. The fraction of sp³-hybridized carbons (Fsp3) is 0.263. The highest BCUT2D eigenvalue weighted by Gasteiger charge is 2.25. The third kappa shape index (κ3) is 3.97. The molecule has 3 aromatic rings. The zero-order valence-electron chi connectivity index (χ0n) is 14.4. The third-order valence-corrected chi connectivity index (χ3v) is 4.24. The van der Waals surface area contributed by atoms with E-state index in [1.54, 1.807) is 31.0 Å². The van der Waals surface area contributed by atoms with Crippen molar-refractivity contribution in [2.24, 2.45) is 7.05 Å². The second kappa shape index (κ2) is 6.94. The maximum atomic E-state index is 12.1. The molecule has 0 saturated heterocycles. The molecule has 25 heavy (non-hydrogen) atoms. The lowest BCUT2D eigenvalue weighted by Gasteiger charge is -2.22. The molecule has 0 unspecified atom stereocenters. The Hall–Kier alpha value is -2.86. The van der Waals surface area contributed by atoms with Crippen LogP contribution in [0.25, 0.3) is 10.8 Å². The first-order chi connectivity index (χ1) is 12.0. The Morgan fingerprint density at radius 3 is 2.72 bits per heavy atom. The van der Waals surface area contributed by atoms with Crippen LogP contribution in [-0.4, -0.2) is 27.5 Å². The molecule has 0 spiro atoms. The van der Waals surface area contributed by atoms with Crippen molar-refractivity contribution in [3.63, 3.8) is 0 Å². The fourth-order valence-electron chi connectivity index (χ4n) is 2.74. The van der Waals surface area contributed by atoms with Crippen LogP contribution in [0.15, 0.2) is 54.9 Å². The molecule has 6 heteroatoms. The number of hydrogen-bond donors (Lipinski definition) is 3. The number of urea groups is 1. The molecule has 0 saturated carbocycles. The largest absolute Gasteiger partial charge is 0.383 e. The Labute approximate surface area is 146 Å². The Bertz CT molecular complexity index is 881. The quantitative estimate of drug-likeness (QED) is 0.668. The van der Waals surface area contributed by atoms with Crippen molar-refractivity contribution < 1.29 is 9.90 Å². The van der Waals surface area contributed by atoms with Crippen molar-refractivity contribution >= 4 is 16.8 Å². The van der Waals surface area contributed by atoms with E-state index in [9.17, 15) is 9.90 Å². The molecule has 6 nitrogen and oxygen atoms in total. The SMILES string of the molecule is Cn1cc([C@@](C)(O)CNC(=O)NCc2cccc3ccccc23)cn1. The normalized spacial score (nSPS) is 13.4. The standard InChI is InChI=1S/C19H22N4O2/c1-19(25,16-11-22-23(2)12-16)13-21-18(24)20-10-15-8-5-7-14-6-3-4-9-17(14)15/h3-9,11-12,25H,10,13H2,1-2H3,(H2,20,21,24)/t19-/m0/s1. The first-order valence-corrected chi connectivity index (χ1v) is 8.15. The van der Waals surface area contributed by atoms with Crippen LogP contribution in [0.5, 0.6) is 0 Å². The summed E-state index contributed by atoms with van der Waals surface area (Å²) in [5, 5.41) is 22.3. The van der Waals surface area contributed by atoms with Gasteiger partial charge < -0.3 is 15.7 Å². The number of fused-ring (bicyclic) bond motifs is 1. The zero-order chi connectivity index (χ0) is 17.9. The first kappa shape index (κ1) is 17.0. The molecule has 0 aliphatic heterocycles. The molecular weight excluding hydrogens is 316 g/mol. The van der Waals surface area contributed by atoms with E-state index in [2.05, 4.69) is 15.7 Å². The molecule has 0 aliphatic rings. The molecule has 1 heterocycles. The first-order valence-electron chi connectivity index (χ1n) is 8.15. The summed E-state index contributed by atoms with van der Waals surface area (Å²) >= 11 is 0. The van der Waals surface area contributed by atoms with Gasteiger partial charge in [0.25, 0.3) is 0 Å². The molecule has 0 radical (unpaired) electrons. The second-order valence-corrected chi connectivity index (χ2v) is 6.35. The van der Waals surface area contributed by atoms with E-state index in [0.29, 0.717) is 12.1 Å². The molecule has 0 aliphatic carbocycles. The van der Waals surface area contributed by atoms with Gasteiger partial charge in [-0.1, -0.05) is 42.5 Å². The van der Waals surface area contributed by atoms with E-state index in [-0.39, 0.29) is 12.6 Å². The van der Waals surface area contributed by atoms with Crippen LogP contribution in [0.4, 0.5) is 4.79 Å². The average Bonchev–Trinajstić information content (AvgIpc) is 3.05. The van der Waals surface area contributed by atoms with Gasteiger partial charge in [0.1, 0.15) is 5.60 Å². The third-order valence-electron chi connectivity index (χ3n) is 4.24. The molecule has 0 fully saturated rings. The summed E-state index contributed by atoms with van der Waals surface area (Å²) in [7, 11) is 1.78. The monoisotopic (exact) mass is 338 g/mol. The summed E-state index contributed by atoms with van der Waals surface area (Å²) in [5.74, 6) is 0. The minimum atomic E-state index is -1.18. The van der Waals surface area contributed by atoms with E-state index in [1.165, 1.54) is 0 Å². The minimum Gasteiger partial charge on any atom is -0.383 e. The lowest BCUT2D eigenvalue weighted by molar-refractivity contribution is 0.0593. The molecule has 1 atom stereocenters. The van der Waals surface area contributed by atoms with Crippen LogP contribution in [0.2, 0.25) is 0 Å². The van der Waals surface area contributed by atoms with Crippen LogP contribution in [-0.2, 0) is 19.2 Å². The van der Waals surface area contributed by atoms with Gasteiger partial charge in [0.05, 0.1) is 12.7 Å². The van der Waals surface area contributed by atoms with Crippen molar-refractivity contribution in [3.8, 4) is 0 Å².